The lowest BCUT2D eigenvalue weighted by Gasteiger charge is -2.23. The van der Waals surface area contributed by atoms with Crippen LogP contribution in [0.1, 0.15) is 25.0 Å². The highest BCUT2D eigenvalue weighted by Crippen LogP contribution is 2.51. The smallest absolute Gasteiger partial charge is 0.537 e. The zero-order valence-corrected chi connectivity index (χ0v) is 12.6. The summed E-state index contributed by atoms with van der Waals surface area (Å²) in [7, 11) is 0.725. The predicted octanol–water partition coefficient (Wildman–Crippen LogP) is 4.05. The van der Waals surface area contributed by atoms with Crippen LogP contribution in [0.15, 0.2) is 54.6 Å². The van der Waals surface area contributed by atoms with E-state index in [2.05, 4.69) is 56.3 Å². The van der Waals surface area contributed by atoms with Crippen molar-refractivity contribution in [2.45, 2.75) is 19.3 Å². The zero-order chi connectivity index (χ0) is 15.3. The number of fused-ring (bicyclic) bond motifs is 5. The third kappa shape index (κ3) is 1.72. The molecule has 3 heteroatoms. The van der Waals surface area contributed by atoms with Crippen LogP contribution < -0.4 is 4.65 Å². The van der Waals surface area contributed by atoms with Gasteiger partial charge in [0.2, 0.25) is 0 Å². The molecule has 0 fully saturated rings. The van der Waals surface area contributed by atoms with Gasteiger partial charge in [-0.25, -0.2) is 0 Å². The third-order valence-corrected chi connectivity index (χ3v) is 4.70. The summed E-state index contributed by atoms with van der Waals surface area (Å²) in [5.74, 6) is 0.651. The third-order valence-electron chi connectivity index (χ3n) is 4.70. The van der Waals surface area contributed by atoms with Crippen LogP contribution in [0.4, 0.5) is 0 Å². The summed E-state index contributed by atoms with van der Waals surface area (Å²) in [4.78, 5) is 0. The molecule has 0 saturated carbocycles. The second-order valence-corrected chi connectivity index (χ2v) is 6.26. The van der Waals surface area contributed by atoms with Gasteiger partial charge in [-0.15, -0.1) is 0 Å². The summed E-state index contributed by atoms with van der Waals surface area (Å²) in [6, 6.07) is 18.9. The number of hydrogen-bond acceptors (Lipinski definition) is 2. The Labute approximate surface area is 130 Å². The van der Waals surface area contributed by atoms with E-state index in [1.54, 1.807) is 0 Å². The topological polar surface area (TPSA) is 29.5 Å². The summed E-state index contributed by atoms with van der Waals surface area (Å²) in [5, 5.41) is 11.4. The molecule has 107 valence electrons. The molecule has 0 heterocycles. The van der Waals surface area contributed by atoms with Crippen LogP contribution in [-0.4, -0.2) is 12.7 Å². The van der Waals surface area contributed by atoms with E-state index in [0.29, 0.717) is 5.75 Å². The highest BCUT2D eigenvalue weighted by Gasteiger charge is 2.36. The molecule has 0 saturated heterocycles. The predicted molar refractivity (Wildman–Crippen MR) is 90.1 cm³/mol. The fourth-order valence-electron chi connectivity index (χ4n) is 3.73. The molecule has 3 aromatic carbocycles. The van der Waals surface area contributed by atoms with E-state index >= 15 is 0 Å². The molecule has 22 heavy (non-hydrogen) atoms. The lowest BCUT2D eigenvalue weighted by Crippen LogP contribution is -2.15. The minimum atomic E-state index is -0.0486. The first-order valence-corrected chi connectivity index (χ1v) is 7.42. The van der Waals surface area contributed by atoms with E-state index in [-0.39, 0.29) is 5.41 Å². The van der Waals surface area contributed by atoms with Gasteiger partial charge in [0.25, 0.3) is 0 Å². The first-order valence-electron chi connectivity index (χ1n) is 7.42. The van der Waals surface area contributed by atoms with Gasteiger partial charge >= 0.3 is 7.69 Å². The Kier molecular flexibility index (Phi) is 2.82. The van der Waals surface area contributed by atoms with Crippen molar-refractivity contribution in [1.29, 1.82) is 0 Å². The Balaban J connectivity index is 2.05. The van der Waals surface area contributed by atoms with E-state index in [1.165, 1.54) is 33.0 Å². The second-order valence-electron chi connectivity index (χ2n) is 6.26. The van der Waals surface area contributed by atoms with Crippen LogP contribution in [-0.2, 0) is 5.41 Å². The Morgan fingerprint density at radius 3 is 2.59 bits per heavy atom. The molecule has 1 aliphatic rings. The van der Waals surface area contributed by atoms with Crippen molar-refractivity contribution in [2.24, 2.45) is 0 Å². The van der Waals surface area contributed by atoms with Crippen LogP contribution in [0.5, 0.6) is 5.75 Å². The van der Waals surface area contributed by atoms with Crippen LogP contribution in [0, 0.1) is 0 Å². The fourth-order valence-corrected chi connectivity index (χ4v) is 3.73. The van der Waals surface area contributed by atoms with E-state index in [0.717, 1.165) is 7.69 Å². The zero-order valence-electron chi connectivity index (χ0n) is 12.6. The van der Waals surface area contributed by atoms with E-state index < -0.39 is 0 Å². The average Bonchev–Trinajstić information content (AvgIpc) is 2.76. The molecule has 0 unspecified atom stereocenters. The molecule has 1 N–H and O–H groups in total. The molecule has 0 aliphatic heterocycles. The molecule has 4 rings (SSSR count). The number of rotatable bonds is 2. The van der Waals surface area contributed by atoms with E-state index in [1.807, 2.05) is 12.1 Å². The maximum absolute atomic E-state index is 8.86. The average molecular weight is 287 g/mol. The summed E-state index contributed by atoms with van der Waals surface area (Å²) in [5.41, 5.74) is 5.05. The van der Waals surface area contributed by atoms with Crippen molar-refractivity contribution in [3.05, 3.63) is 65.7 Å². The second kappa shape index (κ2) is 4.62. The van der Waals surface area contributed by atoms with Gasteiger partial charge in [0, 0.05) is 5.41 Å². The molecule has 0 atom stereocenters. The van der Waals surface area contributed by atoms with Gasteiger partial charge in [-0.2, -0.15) is 0 Å². The SMILES string of the molecule is CC1(C)c2ccc(O[B]O)cc2-c2ccc3ccccc3c21. The van der Waals surface area contributed by atoms with Crippen LogP contribution in [0.3, 0.4) is 0 Å². The van der Waals surface area contributed by atoms with Gasteiger partial charge in [0.05, 0.1) is 0 Å². The Morgan fingerprint density at radius 1 is 0.955 bits per heavy atom. The molecule has 1 radical (unpaired) electrons. The quantitative estimate of drug-likeness (QED) is 0.720. The monoisotopic (exact) mass is 287 g/mol. The van der Waals surface area contributed by atoms with Crippen molar-refractivity contribution >= 4 is 18.5 Å². The maximum atomic E-state index is 8.86. The standard InChI is InChI=1S/C19H16BO2/c1-19(2)17-10-8-13(22-20-21)11-16(17)15-9-7-12-5-3-4-6-14(12)18(15)19/h3-11,21H,1-2H3. The summed E-state index contributed by atoms with van der Waals surface area (Å²) in [6.45, 7) is 4.53. The molecule has 0 aromatic heterocycles. The molecule has 0 spiro atoms. The first kappa shape index (κ1) is 13.4. The maximum Gasteiger partial charge on any atom is 0.569 e. The molecule has 0 bridgehead atoms. The van der Waals surface area contributed by atoms with Crippen molar-refractivity contribution in [3.63, 3.8) is 0 Å². The van der Waals surface area contributed by atoms with Gasteiger partial charge in [0.15, 0.2) is 0 Å². The molecule has 3 aromatic rings. The van der Waals surface area contributed by atoms with Crippen LogP contribution in [0.2, 0.25) is 0 Å². The number of hydrogen-bond donors (Lipinski definition) is 1. The van der Waals surface area contributed by atoms with Crippen LogP contribution in [0.25, 0.3) is 21.9 Å². The fraction of sp³-hybridized carbons (Fsp3) is 0.158. The highest BCUT2D eigenvalue weighted by molar-refractivity contribution is 6.17. The highest BCUT2D eigenvalue weighted by atomic mass is 16.5. The van der Waals surface area contributed by atoms with Crippen molar-refractivity contribution in [2.75, 3.05) is 0 Å². The van der Waals surface area contributed by atoms with E-state index in [9.17, 15) is 0 Å². The Hall–Kier alpha value is -2.26. The van der Waals surface area contributed by atoms with Gasteiger partial charge in [-0.05, 0) is 45.2 Å². The molecule has 2 nitrogen and oxygen atoms in total. The Bertz CT molecular complexity index is 884. The normalized spacial score (nSPS) is 14.5. The van der Waals surface area contributed by atoms with Gasteiger partial charge < -0.3 is 9.68 Å². The van der Waals surface area contributed by atoms with Gasteiger partial charge in [-0.3, -0.25) is 0 Å². The van der Waals surface area contributed by atoms with Crippen LogP contribution >= 0.6 is 0 Å². The van der Waals surface area contributed by atoms with Gasteiger partial charge in [-0.1, -0.05) is 56.3 Å². The number of benzene rings is 3. The minimum absolute atomic E-state index is 0.0486. The van der Waals surface area contributed by atoms with Gasteiger partial charge in [0.1, 0.15) is 5.75 Å². The minimum Gasteiger partial charge on any atom is -0.537 e. The molecule has 1 aliphatic carbocycles. The summed E-state index contributed by atoms with van der Waals surface area (Å²) in [6.07, 6.45) is 0. The van der Waals surface area contributed by atoms with E-state index in [4.69, 9.17) is 9.68 Å². The molecular weight excluding hydrogens is 271 g/mol. The summed E-state index contributed by atoms with van der Waals surface area (Å²) >= 11 is 0. The largest absolute Gasteiger partial charge is 0.569 e. The van der Waals surface area contributed by atoms with Crippen molar-refractivity contribution in [3.8, 4) is 16.9 Å². The lowest BCUT2D eigenvalue weighted by molar-refractivity contribution is 0.454. The first-order chi connectivity index (χ1) is 10.6. The van der Waals surface area contributed by atoms with Crippen molar-refractivity contribution in [1.82, 2.24) is 0 Å². The molecule has 0 amide bonds. The lowest BCUT2D eigenvalue weighted by atomic mass is 9.80. The molecular formula is C19H16BO2. The Morgan fingerprint density at radius 2 is 1.77 bits per heavy atom. The summed E-state index contributed by atoms with van der Waals surface area (Å²) < 4.78 is 5.13. The van der Waals surface area contributed by atoms with Crippen molar-refractivity contribution < 1.29 is 9.68 Å².